The zero-order chi connectivity index (χ0) is 25.7. The molecule has 1 aliphatic rings. The molecule has 0 atom stereocenters. The van der Waals surface area contributed by atoms with Crippen LogP contribution in [0.1, 0.15) is 38.9 Å². The molecule has 1 saturated heterocycles. The van der Waals surface area contributed by atoms with Crippen LogP contribution < -0.4 is 15.4 Å². The average molecular weight is 516 g/mol. The van der Waals surface area contributed by atoms with Gasteiger partial charge in [-0.3, -0.25) is 14.4 Å². The summed E-state index contributed by atoms with van der Waals surface area (Å²) in [4.78, 5) is 39.2. The average Bonchev–Trinajstić information content (AvgIpc) is 3.37. The number of ether oxygens (including phenoxy) is 1. The monoisotopic (exact) mass is 515 g/mol. The van der Waals surface area contributed by atoms with Crippen LogP contribution >= 0.6 is 11.3 Å². The third-order valence-corrected chi connectivity index (χ3v) is 6.64. The second-order valence-electron chi connectivity index (χ2n) is 8.21. The molecule has 2 aromatic carbocycles. The van der Waals surface area contributed by atoms with Gasteiger partial charge >= 0.3 is 0 Å². The van der Waals surface area contributed by atoms with E-state index in [1.807, 2.05) is 0 Å². The zero-order valence-corrected chi connectivity index (χ0v) is 20.1. The summed E-state index contributed by atoms with van der Waals surface area (Å²) in [6, 6.07) is 9.98. The summed E-state index contributed by atoms with van der Waals surface area (Å²) in [7, 11) is 1.55. The molecule has 0 radical (unpaired) electrons. The summed E-state index contributed by atoms with van der Waals surface area (Å²) in [5.41, 5.74) is 0.745. The van der Waals surface area contributed by atoms with Crippen molar-refractivity contribution in [3.05, 3.63) is 64.1 Å². The first kappa shape index (κ1) is 25.2. The molecule has 1 aromatic heterocycles. The molecule has 0 spiro atoms. The summed E-state index contributed by atoms with van der Waals surface area (Å²) < 4.78 is 31.4. The van der Waals surface area contributed by atoms with Gasteiger partial charge < -0.3 is 20.3 Å². The quantitative estimate of drug-likeness (QED) is 0.493. The smallest absolute Gasteiger partial charge is 0.286 e. The fourth-order valence-electron chi connectivity index (χ4n) is 3.78. The van der Waals surface area contributed by atoms with E-state index < -0.39 is 17.5 Å². The molecule has 2 heterocycles. The number of likely N-dealkylation sites (tertiary alicyclic amines) is 1. The van der Waals surface area contributed by atoms with Gasteiger partial charge in [-0.2, -0.15) is 0 Å². The molecule has 36 heavy (non-hydrogen) atoms. The highest BCUT2D eigenvalue weighted by molar-refractivity contribution is 7.15. The summed E-state index contributed by atoms with van der Waals surface area (Å²) in [6.45, 7) is 0.851. The number of nitrogens with zero attached hydrogens (tertiary/aromatic N) is 3. The Kier molecular flexibility index (Phi) is 7.84. The minimum absolute atomic E-state index is 0.0413. The van der Waals surface area contributed by atoms with Gasteiger partial charge in [-0.25, -0.2) is 8.78 Å². The number of carbonyl (C=O) groups excluding carboxylic acids is 3. The number of amides is 3. The van der Waals surface area contributed by atoms with Gasteiger partial charge in [-0.15, -0.1) is 10.2 Å². The first-order valence-corrected chi connectivity index (χ1v) is 12.0. The van der Waals surface area contributed by atoms with Gasteiger partial charge in [0.2, 0.25) is 15.9 Å². The van der Waals surface area contributed by atoms with E-state index in [0.29, 0.717) is 37.4 Å². The number of halogens is 2. The highest BCUT2D eigenvalue weighted by Crippen LogP contribution is 2.24. The fourth-order valence-corrected chi connectivity index (χ4v) is 4.49. The van der Waals surface area contributed by atoms with E-state index in [1.165, 1.54) is 6.07 Å². The van der Waals surface area contributed by atoms with Crippen LogP contribution in [0.25, 0.3) is 0 Å². The van der Waals surface area contributed by atoms with Crippen molar-refractivity contribution in [1.29, 1.82) is 0 Å². The van der Waals surface area contributed by atoms with Gasteiger partial charge in [0, 0.05) is 37.0 Å². The highest BCUT2D eigenvalue weighted by atomic mass is 32.1. The maximum Gasteiger partial charge on any atom is 0.286 e. The number of rotatable bonds is 7. The van der Waals surface area contributed by atoms with Crippen molar-refractivity contribution in [3.63, 3.8) is 0 Å². The van der Waals surface area contributed by atoms with Gasteiger partial charge in [0.1, 0.15) is 5.75 Å². The number of piperidine rings is 1. The number of anilines is 2. The first-order valence-electron chi connectivity index (χ1n) is 11.2. The largest absolute Gasteiger partial charge is 0.497 e. The van der Waals surface area contributed by atoms with Crippen molar-refractivity contribution < 1.29 is 27.9 Å². The van der Waals surface area contributed by atoms with Gasteiger partial charge in [0.25, 0.3) is 11.8 Å². The number of methoxy groups -OCH3 is 1. The molecule has 1 fully saturated rings. The lowest BCUT2D eigenvalue weighted by molar-refractivity contribution is -0.117. The Labute approximate surface area is 209 Å². The molecule has 188 valence electrons. The van der Waals surface area contributed by atoms with Crippen LogP contribution in [0.4, 0.5) is 20.2 Å². The molecule has 2 N–H and O–H groups in total. The Morgan fingerprint density at radius 3 is 2.31 bits per heavy atom. The maximum absolute atomic E-state index is 13.3. The standard InChI is InChI=1S/C24H23F2N5O4S/c1-35-17-5-2-15(3-6-17)28-21(33)22-29-30-23(36-22)24(34)31-10-8-14(9-11-31)12-20(32)27-16-4-7-18(25)19(26)13-16/h2-7,13-14H,8-12H2,1H3,(H,27,32)(H,28,33). The molecule has 3 aromatic rings. The minimum atomic E-state index is -1.03. The molecule has 9 nitrogen and oxygen atoms in total. The van der Waals surface area contributed by atoms with E-state index in [0.717, 1.165) is 23.5 Å². The van der Waals surface area contributed by atoms with E-state index in [2.05, 4.69) is 20.8 Å². The molecule has 1 aliphatic heterocycles. The second-order valence-corrected chi connectivity index (χ2v) is 9.19. The molecular formula is C24H23F2N5O4S. The Bertz CT molecular complexity index is 1260. The number of aromatic nitrogens is 2. The van der Waals surface area contributed by atoms with Crippen molar-refractivity contribution in [2.75, 3.05) is 30.8 Å². The van der Waals surface area contributed by atoms with Crippen molar-refractivity contribution in [2.45, 2.75) is 19.3 Å². The van der Waals surface area contributed by atoms with E-state index in [4.69, 9.17) is 4.74 Å². The number of hydrogen-bond donors (Lipinski definition) is 2. The third-order valence-electron chi connectivity index (χ3n) is 5.73. The van der Waals surface area contributed by atoms with E-state index in [1.54, 1.807) is 36.3 Å². The maximum atomic E-state index is 13.3. The van der Waals surface area contributed by atoms with Gasteiger partial charge in [0.15, 0.2) is 11.6 Å². The van der Waals surface area contributed by atoms with Crippen LogP contribution in [0.3, 0.4) is 0 Å². The molecule has 4 rings (SSSR count). The lowest BCUT2D eigenvalue weighted by Crippen LogP contribution is -2.39. The Balaban J connectivity index is 1.26. The van der Waals surface area contributed by atoms with Crippen LogP contribution in [-0.4, -0.2) is 53.0 Å². The lowest BCUT2D eigenvalue weighted by Gasteiger charge is -2.31. The summed E-state index contributed by atoms with van der Waals surface area (Å²) in [5, 5.41) is 13.2. The Hall–Kier alpha value is -3.93. The van der Waals surface area contributed by atoms with Gasteiger partial charge in [0.05, 0.1) is 7.11 Å². The normalized spacial score (nSPS) is 13.8. The molecule has 3 amide bonds. The van der Waals surface area contributed by atoms with E-state index in [9.17, 15) is 23.2 Å². The van der Waals surface area contributed by atoms with Gasteiger partial charge in [-0.1, -0.05) is 11.3 Å². The molecule has 0 unspecified atom stereocenters. The number of benzene rings is 2. The summed E-state index contributed by atoms with van der Waals surface area (Å²) >= 11 is 0.913. The number of nitrogens with one attached hydrogen (secondary N) is 2. The summed E-state index contributed by atoms with van der Waals surface area (Å²) in [5.74, 6) is -2.40. The molecule has 0 bridgehead atoms. The SMILES string of the molecule is COc1ccc(NC(=O)c2nnc(C(=O)N3CCC(CC(=O)Nc4ccc(F)c(F)c4)CC3)s2)cc1. The van der Waals surface area contributed by atoms with Crippen molar-refractivity contribution in [2.24, 2.45) is 5.92 Å². The molecular weight excluding hydrogens is 492 g/mol. The summed E-state index contributed by atoms with van der Waals surface area (Å²) in [6.07, 6.45) is 1.40. The molecule has 12 heteroatoms. The van der Waals surface area contributed by atoms with Crippen molar-refractivity contribution >= 4 is 40.4 Å². The lowest BCUT2D eigenvalue weighted by atomic mass is 9.93. The predicted octanol–water partition coefficient (Wildman–Crippen LogP) is 3.96. The van der Waals surface area contributed by atoms with Crippen LogP contribution in [-0.2, 0) is 4.79 Å². The minimum Gasteiger partial charge on any atom is -0.497 e. The van der Waals surface area contributed by atoms with Crippen LogP contribution in [0, 0.1) is 17.6 Å². The molecule has 0 aliphatic carbocycles. The van der Waals surface area contributed by atoms with Crippen molar-refractivity contribution in [3.8, 4) is 5.75 Å². The highest BCUT2D eigenvalue weighted by Gasteiger charge is 2.28. The van der Waals surface area contributed by atoms with E-state index in [-0.39, 0.29) is 39.9 Å². The van der Waals surface area contributed by atoms with Crippen LogP contribution in [0.5, 0.6) is 5.75 Å². The zero-order valence-electron chi connectivity index (χ0n) is 19.3. The van der Waals surface area contributed by atoms with Crippen molar-refractivity contribution in [1.82, 2.24) is 15.1 Å². The van der Waals surface area contributed by atoms with Crippen LogP contribution in [0.15, 0.2) is 42.5 Å². The van der Waals surface area contributed by atoms with E-state index >= 15 is 0 Å². The third kappa shape index (κ3) is 6.19. The topological polar surface area (TPSA) is 114 Å². The molecule has 0 saturated carbocycles. The second kappa shape index (κ2) is 11.2. The number of hydrogen-bond acceptors (Lipinski definition) is 7. The Morgan fingerprint density at radius 2 is 1.64 bits per heavy atom. The number of carbonyl (C=O) groups is 3. The fraction of sp³-hybridized carbons (Fsp3) is 0.292. The predicted molar refractivity (Wildman–Crippen MR) is 129 cm³/mol. The first-order chi connectivity index (χ1) is 17.3. The Morgan fingerprint density at radius 1 is 0.972 bits per heavy atom. The van der Waals surface area contributed by atoms with Gasteiger partial charge in [-0.05, 0) is 55.2 Å². The van der Waals surface area contributed by atoms with Crippen LogP contribution in [0.2, 0.25) is 0 Å².